The van der Waals surface area contributed by atoms with Crippen molar-refractivity contribution in [2.24, 2.45) is 5.92 Å². The lowest BCUT2D eigenvalue weighted by Gasteiger charge is -2.33. The van der Waals surface area contributed by atoms with Crippen molar-refractivity contribution in [2.75, 3.05) is 24.6 Å². The van der Waals surface area contributed by atoms with E-state index in [-0.39, 0.29) is 6.61 Å². The van der Waals surface area contributed by atoms with Gasteiger partial charge < -0.3 is 10.0 Å². The van der Waals surface area contributed by atoms with Crippen LogP contribution in [-0.4, -0.2) is 39.3 Å². The van der Waals surface area contributed by atoms with E-state index in [0.717, 1.165) is 66.9 Å². The number of benzene rings is 1. The molecule has 1 aromatic carbocycles. The molecule has 0 radical (unpaired) electrons. The van der Waals surface area contributed by atoms with Crippen LogP contribution < -0.4 is 4.90 Å². The molecule has 0 aliphatic carbocycles. The topological polar surface area (TPSA) is 54.2 Å². The Kier molecular flexibility index (Phi) is 6.81. The average molecular weight is 590 g/mol. The number of piperidine rings is 1. The molecule has 1 N–H and O–H groups in total. The first kappa shape index (κ1) is 24.5. The molecular formula is C23H25Br2F3N4O. The highest BCUT2D eigenvalue weighted by Gasteiger charge is 2.33. The summed E-state index contributed by atoms with van der Waals surface area (Å²) in [6.45, 7) is 7.67. The normalized spacial score (nSPS) is 15.6. The molecule has 3 aromatic rings. The highest BCUT2D eigenvalue weighted by atomic mass is 79.9. The van der Waals surface area contributed by atoms with Gasteiger partial charge in [0.1, 0.15) is 11.6 Å². The highest BCUT2D eigenvalue weighted by molar-refractivity contribution is 9.11. The number of fused-ring (bicyclic) bond motifs is 1. The third-order valence-corrected chi connectivity index (χ3v) is 7.68. The third kappa shape index (κ3) is 4.53. The predicted octanol–water partition coefficient (Wildman–Crippen LogP) is 6.49. The Balaban J connectivity index is 1.87. The maximum atomic E-state index is 13.3. The third-order valence-electron chi connectivity index (χ3n) is 6.47. The maximum Gasteiger partial charge on any atom is 0.416 e. The summed E-state index contributed by atoms with van der Waals surface area (Å²) in [5.74, 6) is 1.97. The summed E-state index contributed by atoms with van der Waals surface area (Å²) >= 11 is 6.73. The lowest BCUT2D eigenvalue weighted by molar-refractivity contribution is -0.137. The summed E-state index contributed by atoms with van der Waals surface area (Å²) < 4.78 is 42.5. The molecule has 2 aromatic heterocycles. The average Bonchev–Trinajstić information content (AvgIpc) is 2.98. The predicted molar refractivity (Wildman–Crippen MR) is 130 cm³/mol. The van der Waals surface area contributed by atoms with Gasteiger partial charge in [0.05, 0.1) is 16.6 Å². The number of alkyl halides is 3. The van der Waals surface area contributed by atoms with Crippen LogP contribution in [0.3, 0.4) is 0 Å². The van der Waals surface area contributed by atoms with Gasteiger partial charge in [0.15, 0.2) is 5.65 Å². The van der Waals surface area contributed by atoms with Crippen LogP contribution in [0.4, 0.5) is 19.0 Å². The van der Waals surface area contributed by atoms with Gasteiger partial charge in [-0.2, -0.15) is 13.2 Å². The molecule has 0 bridgehead atoms. The van der Waals surface area contributed by atoms with Gasteiger partial charge in [0, 0.05) is 34.3 Å². The van der Waals surface area contributed by atoms with Gasteiger partial charge in [-0.1, -0.05) is 0 Å². The zero-order valence-corrected chi connectivity index (χ0v) is 21.8. The second-order valence-corrected chi connectivity index (χ2v) is 10.3. The van der Waals surface area contributed by atoms with Crippen molar-refractivity contribution in [1.29, 1.82) is 0 Å². The number of aliphatic hydroxyl groups is 1. The summed E-state index contributed by atoms with van der Waals surface area (Å²) in [7, 11) is 0. The fourth-order valence-corrected chi connectivity index (χ4v) is 6.15. The summed E-state index contributed by atoms with van der Waals surface area (Å²) in [6.07, 6.45) is -1.66. The maximum absolute atomic E-state index is 13.3. The van der Waals surface area contributed by atoms with Crippen molar-refractivity contribution in [3.63, 3.8) is 0 Å². The van der Waals surface area contributed by atoms with E-state index in [1.165, 1.54) is 0 Å². The van der Waals surface area contributed by atoms with Crippen LogP contribution in [0.5, 0.6) is 0 Å². The molecule has 178 valence electrons. The van der Waals surface area contributed by atoms with Gasteiger partial charge >= 0.3 is 6.18 Å². The minimum Gasteiger partial charge on any atom is -0.396 e. The Morgan fingerprint density at radius 2 is 1.67 bits per heavy atom. The van der Waals surface area contributed by atoms with Gasteiger partial charge in [0.2, 0.25) is 0 Å². The lowest BCUT2D eigenvalue weighted by atomic mass is 9.94. The number of hydrogen-bond acceptors (Lipinski definition) is 4. The number of halogens is 5. The second kappa shape index (κ2) is 9.19. The van der Waals surface area contributed by atoms with E-state index in [0.29, 0.717) is 32.0 Å². The molecular weight excluding hydrogens is 565 g/mol. The first-order valence-corrected chi connectivity index (χ1v) is 12.4. The SMILES string of the molecule is Cc1nc(N2CCC(CCO)CC2)c2c(C)c(C)n(-c3c(Br)cc(C(F)(F)F)cc3Br)c2n1. The molecule has 1 aliphatic heterocycles. The summed E-state index contributed by atoms with van der Waals surface area (Å²) in [5.41, 5.74) is 2.40. The molecule has 0 spiro atoms. The molecule has 1 aliphatic rings. The van der Waals surface area contributed by atoms with Crippen LogP contribution >= 0.6 is 31.9 Å². The van der Waals surface area contributed by atoms with Crippen LogP contribution in [-0.2, 0) is 6.18 Å². The zero-order chi connectivity index (χ0) is 24.1. The molecule has 33 heavy (non-hydrogen) atoms. The molecule has 0 saturated carbocycles. The van der Waals surface area contributed by atoms with Crippen LogP contribution in [0.2, 0.25) is 0 Å². The van der Waals surface area contributed by atoms with Crippen molar-refractivity contribution >= 4 is 48.7 Å². The Morgan fingerprint density at radius 1 is 1.06 bits per heavy atom. The fraction of sp³-hybridized carbons (Fsp3) is 0.478. The van der Waals surface area contributed by atoms with Crippen LogP contribution in [0.15, 0.2) is 21.1 Å². The van der Waals surface area contributed by atoms with Crippen LogP contribution in [0.25, 0.3) is 16.7 Å². The molecule has 1 fully saturated rings. The number of anilines is 1. The van der Waals surface area contributed by atoms with Crippen molar-refractivity contribution in [3.8, 4) is 5.69 Å². The number of aryl methyl sites for hydroxylation is 2. The second-order valence-electron chi connectivity index (χ2n) is 8.57. The Hall–Kier alpha value is -1.65. The van der Waals surface area contributed by atoms with Crippen molar-refractivity contribution in [1.82, 2.24) is 14.5 Å². The molecule has 5 nitrogen and oxygen atoms in total. The van der Waals surface area contributed by atoms with E-state index in [9.17, 15) is 18.3 Å². The van der Waals surface area contributed by atoms with E-state index in [1.54, 1.807) is 0 Å². The molecule has 0 amide bonds. The first-order valence-electron chi connectivity index (χ1n) is 10.8. The Bertz CT molecular complexity index is 1180. The van der Waals surface area contributed by atoms with E-state index >= 15 is 0 Å². The summed E-state index contributed by atoms with van der Waals surface area (Å²) in [4.78, 5) is 11.8. The van der Waals surface area contributed by atoms with E-state index in [2.05, 4.69) is 36.8 Å². The van der Waals surface area contributed by atoms with Gasteiger partial charge in [0.25, 0.3) is 0 Å². The van der Waals surface area contributed by atoms with Crippen molar-refractivity contribution in [3.05, 3.63) is 43.7 Å². The Morgan fingerprint density at radius 3 is 2.21 bits per heavy atom. The minimum absolute atomic E-state index is 0.208. The number of rotatable bonds is 4. The summed E-state index contributed by atoms with van der Waals surface area (Å²) in [6, 6.07) is 2.20. The van der Waals surface area contributed by atoms with E-state index in [4.69, 9.17) is 9.97 Å². The Labute approximate surface area is 207 Å². The number of aromatic nitrogens is 3. The number of aliphatic hydroxyl groups excluding tert-OH is 1. The quantitative estimate of drug-likeness (QED) is 0.378. The standard InChI is InChI=1S/C23H25Br2F3N4O/c1-12-13(2)32(20-17(24)10-16(11-18(20)25)23(26,27)28)22-19(12)21(29-14(3)30-22)31-7-4-15(5-8-31)6-9-33/h10-11,15,33H,4-9H2,1-3H3. The van der Waals surface area contributed by atoms with Crippen molar-refractivity contribution < 1.29 is 18.3 Å². The molecule has 3 heterocycles. The molecule has 4 rings (SSSR count). The molecule has 10 heteroatoms. The first-order chi connectivity index (χ1) is 15.5. The van der Waals surface area contributed by atoms with Gasteiger partial charge in [-0.05, 0) is 95.5 Å². The summed E-state index contributed by atoms with van der Waals surface area (Å²) in [5, 5.41) is 10.2. The fourth-order valence-electron chi connectivity index (χ4n) is 4.61. The highest BCUT2D eigenvalue weighted by Crippen LogP contribution is 2.42. The monoisotopic (exact) mass is 588 g/mol. The van der Waals surface area contributed by atoms with Crippen molar-refractivity contribution in [2.45, 2.75) is 46.2 Å². The molecule has 0 atom stereocenters. The number of nitrogens with zero attached hydrogens (tertiary/aromatic N) is 4. The molecule has 1 saturated heterocycles. The van der Waals surface area contributed by atoms with Crippen LogP contribution in [0.1, 0.15) is 41.9 Å². The number of hydrogen-bond donors (Lipinski definition) is 1. The van der Waals surface area contributed by atoms with Gasteiger partial charge in [-0.15, -0.1) is 0 Å². The van der Waals surface area contributed by atoms with Gasteiger partial charge in [-0.25, -0.2) is 9.97 Å². The largest absolute Gasteiger partial charge is 0.416 e. The minimum atomic E-state index is -4.44. The van der Waals surface area contributed by atoms with Crippen LogP contribution in [0, 0.1) is 26.7 Å². The lowest BCUT2D eigenvalue weighted by Crippen LogP contribution is -2.34. The van der Waals surface area contributed by atoms with E-state index < -0.39 is 11.7 Å². The smallest absolute Gasteiger partial charge is 0.396 e. The van der Waals surface area contributed by atoms with Gasteiger partial charge in [-0.3, -0.25) is 4.57 Å². The van der Waals surface area contributed by atoms with E-state index in [1.807, 2.05) is 25.3 Å². The molecule has 0 unspecified atom stereocenters. The zero-order valence-electron chi connectivity index (χ0n) is 18.6.